The van der Waals surface area contributed by atoms with Gasteiger partial charge in [-0.3, -0.25) is 14.6 Å². The number of amides is 2. The minimum atomic E-state index is -0.122. The van der Waals surface area contributed by atoms with E-state index >= 15 is 0 Å². The number of hydrogen-bond donors (Lipinski definition) is 3. The molecule has 1 heterocycles. The zero-order valence-corrected chi connectivity index (χ0v) is 12.0. The van der Waals surface area contributed by atoms with Crippen LogP contribution >= 0.6 is 0 Å². The average Bonchev–Trinajstić information content (AvgIpc) is 2.96. The van der Waals surface area contributed by atoms with E-state index in [1.54, 1.807) is 24.5 Å². The van der Waals surface area contributed by atoms with Gasteiger partial charge in [0.05, 0.1) is 0 Å². The molecule has 2 atom stereocenters. The quantitative estimate of drug-likeness (QED) is 0.725. The molecule has 114 valence electrons. The molecule has 1 fully saturated rings. The van der Waals surface area contributed by atoms with Crippen LogP contribution in [0.3, 0.4) is 0 Å². The van der Waals surface area contributed by atoms with Gasteiger partial charge in [-0.25, -0.2) is 0 Å². The second kappa shape index (κ2) is 7.73. The van der Waals surface area contributed by atoms with Crippen molar-refractivity contribution in [2.75, 3.05) is 18.4 Å². The number of nitrogens with two attached hydrogens (primary N) is 1. The monoisotopic (exact) mass is 290 g/mol. The van der Waals surface area contributed by atoms with Crippen molar-refractivity contribution in [2.45, 2.75) is 25.7 Å². The smallest absolute Gasteiger partial charge is 0.226 e. The molecule has 0 radical (unpaired) electrons. The molecule has 21 heavy (non-hydrogen) atoms. The molecule has 6 heteroatoms. The summed E-state index contributed by atoms with van der Waals surface area (Å²) in [5.41, 5.74) is 6.38. The Morgan fingerprint density at radius 2 is 2.05 bits per heavy atom. The van der Waals surface area contributed by atoms with Crippen molar-refractivity contribution in [1.29, 1.82) is 0 Å². The molecule has 1 aliphatic rings. The lowest BCUT2D eigenvalue weighted by Gasteiger charge is -2.17. The van der Waals surface area contributed by atoms with Gasteiger partial charge in [-0.05, 0) is 37.4 Å². The number of hydrogen-bond acceptors (Lipinski definition) is 4. The van der Waals surface area contributed by atoms with Gasteiger partial charge in [-0.2, -0.15) is 0 Å². The molecular formula is C15H22N4O2. The lowest BCUT2D eigenvalue weighted by atomic mass is 9.95. The summed E-state index contributed by atoms with van der Waals surface area (Å²) in [5, 5.41) is 5.59. The van der Waals surface area contributed by atoms with Crippen LogP contribution in [0.15, 0.2) is 24.5 Å². The molecule has 1 aliphatic carbocycles. The molecule has 2 rings (SSSR count). The Hall–Kier alpha value is -1.95. The first-order chi connectivity index (χ1) is 10.2. The summed E-state index contributed by atoms with van der Waals surface area (Å²) in [5.74, 6) is 0.205. The summed E-state index contributed by atoms with van der Waals surface area (Å²) in [7, 11) is 0. The maximum absolute atomic E-state index is 12.0. The van der Waals surface area contributed by atoms with Crippen molar-refractivity contribution in [3.63, 3.8) is 0 Å². The van der Waals surface area contributed by atoms with E-state index in [0.717, 1.165) is 19.3 Å². The van der Waals surface area contributed by atoms with Gasteiger partial charge in [0, 0.05) is 37.0 Å². The Labute approximate surface area is 124 Å². The molecule has 1 aromatic rings. The molecule has 0 spiro atoms. The lowest BCUT2D eigenvalue weighted by molar-refractivity contribution is -0.126. The summed E-state index contributed by atoms with van der Waals surface area (Å²) in [6.45, 7) is 0.907. The topological polar surface area (TPSA) is 97.1 Å². The van der Waals surface area contributed by atoms with Crippen LogP contribution in [-0.4, -0.2) is 29.9 Å². The van der Waals surface area contributed by atoms with Gasteiger partial charge in [0.2, 0.25) is 11.8 Å². The molecule has 1 saturated carbocycles. The number of aromatic nitrogens is 1. The summed E-state index contributed by atoms with van der Waals surface area (Å²) in [6.07, 6.45) is 6.47. The zero-order chi connectivity index (χ0) is 15.1. The highest BCUT2D eigenvalue weighted by atomic mass is 16.2. The summed E-state index contributed by atoms with van der Waals surface area (Å²) >= 11 is 0. The van der Waals surface area contributed by atoms with Crippen LogP contribution in [0.25, 0.3) is 0 Å². The Kier molecular flexibility index (Phi) is 5.68. The second-order valence-corrected chi connectivity index (χ2v) is 5.36. The number of rotatable bonds is 6. The normalized spacial score (nSPS) is 21.0. The third-order valence-electron chi connectivity index (χ3n) is 3.91. The van der Waals surface area contributed by atoms with Crippen molar-refractivity contribution in [2.24, 2.45) is 17.6 Å². The lowest BCUT2D eigenvalue weighted by Crippen LogP contribution is -2.36. The van der Waals surface area contributed by atoms with Crippen LogP contribution in [-0.2, 0) is 9.59 Å². The van der Waals surface area contributed by atoms with E-state index < -0.39 is 0 Å². The predicted molar refractivity (Wildman–Crippen MR) is 80.4 cm³/mol. The van der Waals surface area contributed by atoms with Gasteiger partial charge in [0.25, 0.3) is 0 Å². The molecule has 2 amide bonds. The first-order valence-electron chi connectivity index (χ1n) is 7.38. The van der Waals surface area contributed by atoms with Gasteiger partial charge < -0.3 is 16.4 Å². The van der Waals surface area contributed by atoms with Gasteiger partial charge in [0.15, 0.2) is 0 Å². The van der Waals surface area contributed by atoms with Crippen LogP contribution in [0, 0.1) is 11.8 Å². The molecule has 0 bridgehead atoms. The van der Waals surface area contributed by atoms with E-state index in [9.17, 15) is 9.59 Å². The number of nitrogens with zero attached hydrogens (tertiary/aromatic N) is 1. The predicted octanol–water partition coefficient (Wildman–Crippen LogP) is 0.901. The van der Waals surface area contributed by atoms with Crippen LogP contribution in [0.2, 0.25) is 0 Å². The highest BCUT2D eigenvalue weighted by Crippen LogP contribution is 2.30. The number of carbonyl (C=O) groups is 2. The third kappa shape index (κ3) is 4.53. The average molecular weight is 290 g/mol. The highest BCUT2D eigenvalue weighted by Gasteiger charge is 2.31. The fraction of sp³-hybridized carbons (Fsp3) is 0.533. The van der Waals surface area contributed by atoms with Crippen LogP contribution < -0.4 is 16.4 Å². The van der Waals surface area contributed by atoms with E-state index in [-0.39, 0.29) is 30.1 Å². The van der Waals surface area contributed by atoms with Gasteiger partial charge in [-0.15, -0.1) is 0 Å². The SMILES string of the molecule is NC[C@H]1CCC[C@H]1C(=O)NCCC(=O)Nc1ccncc1. The maximum atomic E-state index is 12.0. The zero-order valence-electron chi connectivity index (χ0n) is 12.0. The summed E-state index contributed by atoms with van der Waals surface area (Å²) < 4.78 is 0. The van der Waals surface area contributed by atoms with E-state index in [2.05, 4.69) is 15.6 Å². The number of anilines is 1. The Morgan fingerprint density at radius 1 is 1.29 bits per heavy atom. The fourth-order valence-corrected chi connectivity index (χ4v) is 2.75. The number of carbonyl (C=O) groups excluding carboxylic acids is 2. The summed E-state index contributed by atoms with van der Waals surface area (Å²) in [6, 6.07) is 3.45. The minimum Gasteiger partial charge on any atom is -0.355 e. The Balaban J connectivity index is 1.69. The molecule has 4 N–H and O–H groups in total. The number of nitrogens with one attached hydrogen (secondary N) is 2. The van der Waals surface area contributed by atoms with Crippen LogP contribution in [0.4, 0.5) is 5.69 Å². The Bertz CT molecular complexity index is 478. The van der Waals surface area contributed by atoms with Crippen LogP contribution in [0.1, 0.15) is 25.7 Å². The Morgan fingerprint density at radius 3 is 2.76 bits per heavy atom. The number of pyridine rings is 1. The van der Waals surface area contributed by atoms with Gasteiger partial charge in [0.1, 0.15) is 0 Å². The van der Waals surface area contributed by atoms with E-state index in [0.29, 0.717) is 18.8 Å². The van der Waals surface area contributed by atoms with Crippen molar-refractivity contribution in [3.8, 4) is 0 Å². The largest absolute Gasteiger partial charge is 0.355 e. The second-order valence-electron chi connectivity index (χ2n) is 5.36. The van der Waals surface area contributed by atoms with Crippen molar-refractivity contribution < 1.29 is 9.59 Å². The fourth-order valence-electron chi connectivity index (χ4n) is 2.75. The maximum Gasteiger partial charge on any atom is 0.226 e. The van der Waals surface area contributed by atoms with Crippen molar-refractivity contribution in [1.82, 2.24) is 10.3 Å². The van der Waals surface area contributed by atoms with Crippen molar-refractivity contribution >= 4 is 17.5 Å². The molecule has 0 aromatic carbocycles. The van der Waals surface area contributed by atoms with E-state index in [1.165, 1.54) is 0 Å². The standard InChI is InChI=1S/C15H22N4O2/c16-10-11-2-1-3-13(11)15(21)18-9-6-14(20)19-12-4-7-17-8-5-12/h4-5,7-8,11,13H,1-3,6,9-10,16H2,(H,18,21)(H,17,19,20)/t11-,13-/m1/s1. The first kappa shape index (κ1) is 15.4. The first-order valence-corrected chi connectivity index (χ1v) is 7.38. The van der Waals surface area contributed by atoms with E-state index in [4.69, 9.17) is 5.73 Å². The molecule has 0 aliphatic heterocycles. The molecular weight excluding hydrogens is 268 g/mol. The third-order valence-corrected chi connectivity index (χ3v) is 3.91. The molecule has 1 aromatic heterocycles. The molecule has 0 unspecified atom stereocenters. The molecule has 6 nitrogen and oxygen atoms in total. The van der Waals surface area contributed by atoms with Gasteiger partial charge in [-0.1, -0.05) is 6.42 Å². The van der Waals surface area contributed by atoms with Crippen LogP contribution in [0.5, 0.6) is 0 Å². The molecule has 0 saturated heterocycles. The minimum absolute atomic E-state index is 0.0123. The summed E-state index contributed by atoms with van der Waals surface area (Å²) in [4.78, 5) is 27.7. The van der Waals surface area contributed by atoms with E-state index in [1.807, 2.05) is 0 Å². The van der Waals surface area contributed by atoms with Crippen molar-refractivity contribution in [3.05, 3.63) is 24.5 Å². The van der Waals surface area contributed by atoms with Gasteiger partial charge >= 0.3 is 0 Å². The highest BCUT2D eigenvalue weighted by molar-refractivity contribution is 5.91.